The minimum atomic E-state index is -0.188. The number of amides is 1. The van der Waals surface area contributed by atoms with Gasteiger partial charge in [0.05, 0.1) is 18.7 Å². The molecule has 0 spiro atoms. The molecule has 0 saturated carbocycles. The van der Waals surface area contributed by atoms with Crippen molar-refractivity contribution in [1.29, 1.82) is 0 Å². The summed E-state index contributed by atoms with van der Waals surface area (Å²) in [6, 6.07) is 23.8. The van der Waals surface area contributed by atoms with Crippen LogP contribution in [-0.4, -0.2) is 29.4 Å². The number of methoxy groups -OCH3 is 1. The molecule has 1 atom stereocenters. The maximum atomic E-state index is 13.6. The first-order chi connectivity index (χ1) is 14.7. The fourth-order valence-electron chi connectivity index (χ4n) is 4.38. The Bertz CT molecular complexity index is 1230. The third-order valence-electron chi connectivity index (χ3n) is 5.83. The summed E-state index contributed by atoms with van der Waals surface area (Å²) in [6.07, 6.45) is 0.822. The van der Waals surface area contributed by atoms with E-state index in [1.165, 1.54) is 10.9 Å². The van der Waals surface area contributed by atoms with Crippen molar-refractivity contribution in [2.24, 2.45) is 0 Å². The van der Waals surface area contributed by atoms with E-state index >= 15 is 0 Å². The second-order valence-electron chi connectivity index (χ2n) is 7.47. The van der Waals surface area contributed by atoms with Crippen LogP contribution >= 0.6 is 15.9 Å². The summed E-state index contributed by atoms with van der Waals surface area (Å²) >= 11 is 3.55. The SMILES string of the molecule is COc1ccc([C@H]2c3[nH]c4ccccc4c3CCN2C(=O)c2ccccc2Br)cc1. The number of nitrogens with zero attached hydrogens (tertiary/aromatic N) is 1. The number of halogens is 1. The van der Waals surface area contributed by atoms with Gasteiger partial charge in [-0.1, -0.05) is 42.5 Å². The third kappa shape index (κ3) is 3.10. The van der Waals surface area contributed by atoms with Gasteiger partial charge in [-0.05, 0) is 63.8 Å². The summed E-state index contributed by atoms with van der Waals surface area (Å²) in [4.78, 5) is 19.2. The molecule has 30 heavy (non-hydrogen) atoms. The smallest absolute Gasteiger partial charge is 0.255 e. The molecule has 1 N–H and O–H groups in total. The number of ether oxygens (including phenoxy) is 1. The highest BCUT2D eigenvalue weighted by Gasteiger charge is 2.35. The summed E-state index contributed by atoms with van der Waals surface area (Å²) < 4.78 is 6.15. The Hall–Kier alpha value is -3.05. The first-order valence-corrected chi connectivity index (χ1v) is 10.8. The van der Waals surface area contributed by atoms with Crippen LogP contribution in [0.2, 0.25) is 0 Å². The number of carbonyl (C=O) groups is 1. The maximum absolute atomic E-state index is 13.6. The van der Waals surface area contributed by atoms with Gasteiger partial charge in [0.15, 0.2) is 0 Å². The molecule has 0 unspecified atom stereocenters. The molecule has 1 aromatic heterocycles. The highest BCUT2D eigenvalue weighted by molar-refractivity contribution is 9.10. The van der Waals surface area contributed by atoms with Crippen LogP contribution in [-0.2, 0) is 6.42 Å². The molecule has 4 aromatic rings. The highest BCUT2D eigenvalue weighted by Crippen LogP contribution is 2.39. The number of para-hydroxylation sites is 1. The Balaban J connectivity index is 1.66. The van der Waals surface area contributed by atoms with Crippen molar-refractivity contribution in [3.63, 3.8) is 0 Å². The van der Waals surface area contributed by atoms with Gasteiger partial charge >= 0.3 is 0 Å². The van der Waals surface area contributed by atoms with Crippen LogP contribution in [0.4, 0.5) is 0 Å². The normalized spacial score (nSPS) is 15.8. The minimum Gasteiger partial charge on any atom is -0.497 e. The van der Waals surface area contributed by atoms with Crippen molar-refractivity contribution in [2.45, 2.75) is 12.5 Å². The predicted molar refractivity (Wildman–Crippen MR) is 122 cm³/mol. The largest absolute Gasteiger partial charge is 0.497 e. The van der Waals surface area contributed by atoms with Gasteiger partial charge in [-0.2, -0.15) is 0 Å². The zero-order chi connectivity index (χ0) is 20.7. The lowest BCUT2D eigenvalue weighted by Gasteiger charge is -2.36. The van der Waals surface area contributed by atoms with Crippen LogP contribution in [0.3, 0.4) is 0 Å². The van der Waals surface area contributed by atoms with Crippen molar-refractivity contribution in [3.05, 3.63) is 99.7 Å². The number of fused-ring (bicyclic) bond motifs is 3. The fourth-order valence-corrected chi connectivity index (χ4v) is 4.84. The van der Waals surface area contributed by atoms with E-state index in [0.717, 1.165) is 33.4 Å². The Kier molecular flexibility index (Phi) is 4.83. The third-order valence-corrected chi connectivity index (χ3v) is 6.52. The van der Waals surface area contributed by atoms with E-state index in [2.05, 4.69) is 39.1 Å². The molecule has 1 aliphatic heterocycles. The number of hydrogen-bond acceptors (Lipinski definition) is 2. The summed E-state index contributed by atoms with van der Waals surface area (Å²) in [5, 5.41) is 1.24. The molecule has 5 rings (SSSR count). The fraction of sp³-hybridized carbons (Fsp3) is 0.160. The lowest BCUT2D eigenvalue weighted by molar-refractivity contribution is 0.0691. The molecular formula is C25H21BrN2O2. The molecule has 3 aromatic carbocycles. The van der Waals surface area contributed by atoms with E-state index in [-0.39, 0.29) is 11.9 Å². The van der Waals surface area contributed by atoms with Gasteiger partial charge < -0.3 is 14.6 Å². The second kappa shape index (κ2) is 7.65. The molecular weight excluding hydrogens is 440 g/mol. The molecule has 0 fully saturated rings. The molecule has 0 aliphatic carbocycles. The van der Waals surface area contributed by atoms with Crippen LogP contribution in [0, 0.1) is 0 Å². The average molecular weight is 461 g/mol. The monoisotopic (exact) mass is 460 g/mol. The minimum absolute atomic E-state index is 0.0209. The van der Waals surface area contributed by atoms with E-state index in [9.17, 15) is 4.79 Å². The molecule has 1 aliphatic rings. The molecule has 0 saturated heterocycles. The number of aromatic nitrogens is 1. The Morgan fingerprint density at radius 2 is 1.77 bits per heavy atom. The Morgan fingerprint density at radius 3 is 2.53 bits per heavy atom. The van der Waals surface area contributed by atoms with Gasteiger partial charge in [0.2, 0.25) is 0 Å². The van der Waals surface area contributed by atoms with Gasteiger partial charge in [-0.3, -0.25) is 4.79 Å². The van der Waals surface area contributed by atoms with Gasteiger partial charge in [0.25, 0.3) is 5.91 Å². The van der Waals surface area contributed by atoms with Crippen molar-refractivity contribution < 1.29 is 9.53 Å². The van der Waals surface area contributed by atoms with Crippen LogP contribution in [0.1, 0.15) is 33.2 Å². The van der Waals surface area contributed by atoms with E-state index in [0.29, 0.717) is 12.1 Å². The van der Waals surface area contributed by atoms with Crippen molar-refractivity contribution in [3.8, 4) is 5.75 Å². The van der Waals surface area contributed by atoms with E-state index < -0.39 is 0 Å². The number of rotatable bonds is 3. The lowest BCUT2D eigenvalue weighted by atomic mass is 9.91. The molecule has 1 amide bonds. The zero-order valence-corrected chi connectivity index (χ0v) is 18.1. The topological polar surface area (TPSA) is 45.3 Å². The first kappa shape index (κ1) is 18.9. The van der Waals surface area contributed by atoms with Crippen LogP contribution < -0.4 is 4.74 Å². The quantitative estimate of drug-likeness (QED) is 0.424. The second-order valence-corrected chi connectivity index (χ2v) is 8.32. The van der Waals surface area contributed by atoms with Crippen molar-refractivity contribution in [2.75, 3.05) is 13.7 Å². The van der Waals surface area contributed by atoms with Gasteiger partial charge in [-0.15, -0.1) is 0 Å². The molecule has 0 radical (unpaired) electrons. The standard InChI is InChI=1S/C25H21BrN2O2/c1-30-17-12-10-16(11-13-17)24-23-19(18-6-3-5-9-22(18)27-23)14-15-28(24)25(29)20-7-2-4-8-21(20)26/h2-13,24,27H,14-15H2,1H3/t24-/m0/s1. The molecule has 0 bridgehead atoms. The Labute approximate surface area is 183 Å². The molecule has 2 heterocycles. The zero-order valence-electron chi connectivity index (χ0n) is 16.6. The first-order valence-electron chi connectivity index (χ1n) is 9.96. The van der Waals surface area contributed by atoms with Crippen LogP contribution in [0.5, 0.6) is 5.75 Å². The van der Waals surface area contributed by atoms with Gasteiger partial charge in [0, 0.05) is 27.6 Å². The van der Waals surface area contributed by atoms with E-state index in [1.807, 2.05) is 59.5 Å². The summed E-state index contributed by atoms with van der Waals surface area (Å²) in [5.74, 6) is 0.822. The van der Waals surface area contributed by atoms with E-state index in [1.54, 1.807) is 7.11 Å². The highest BCUT2D eigenvalue weighted by atomic mass is 79.9. The average Bonchev–Trinajstić information content (AvgIpc) is 3.17. The molecule has 150 valence electrons. The lowest BCUT2D eigenvalue weighted by Crippen LogP contribution is -2.40. The number of nitrogens with one attached hydrogen (secondary N) is 1. The molecule has 5 heteroatoms. The van der Waals surface area contributed by atoms with Crippen LogP contribution in [0.25, 0.3) is 10.9 Å². The number of hydrogen-bond donors (Lipinski definition) is 1. The number of benzene rings is 3. The van der Waals surface area contributed by atoms with Crippen LogP contribution in [0.15, 0.2) is 77.3 Å². The van der Waals surface area contributed by atoms with Crippen molar-refractivity contribution >= 4 is 32.7 Å². The van der Waals surface area contributed by atoms with Gasteiger partial charge in [-0.25, -0.2) is 0 Å². The summed E-state index contributed by atoms with van der Waals surface area (Å²) in [5.41, 5.74) is 5.23. The molecule has 4 nitrogen and oxygen atoms in total. The number of carbonyl (C=O) groups excluding carboxylic acids is 1. The van der Waals surface area contributed by atoms with Gasteiger partial charge in [0.1, 0.15) is 5.75 Å². The summed E-state index contributed by atoms with van der Waals surface area (Å²) in [7, 11) is 1.66. The predicted octanol–water partition coefficient (Wildman–Crippen LogP) is 5.73. The van der Waals surface area contributed by atoms with Crippen molar-refractivity contribution in [1.82, 2.24) is 9.88 Å². The Morgan fingerprint density at radius 1 is 1.03 bits per heavy atom. The van der Waals surface area contributed by atoms with E-state index in [4.69, 9.17) is 4.74 Å². The number of aromatic amines is 1. The maximum Gasteiger partial charge on any atom is 0.255 e. The summed E-state index contributed by atoms with van der Waals surface area (Å²) in [6.45, 7) is 0.658. The number of H-pyrrole nitrogens is 1.